The van der Waals surface area contributed by atoms with Gasteiger partial charge in [-0.1, -0.05) is 36.4 Å². The fourth-order valence-electron chi connectivity index (χ4n) is 1.76. The Morgan fingerprint density at radius 1 is 1.11 bits per heavy atom. The fourth-order valence-corrected chi connectivity index (χ4v) is 2.05. The Kier molecular flexibility index (Phi) is 4.47. The van der Waals surface area contributed by atoms with Crippen molar-refractivity contribution in [2.75, 3.05) is 5.32 Å². The van der Waals surface area contributed by atoms with Crippen molar-refractivity contribution in [2.24, 2.45) is 0 Å². The molecule has 0 heterocycles. The first kappa shape index (κ1) is 13.5. The van der Waals surface area contributed by atoms with Crippen LogP contribution >= 0.6 is 12.2 Å². The highest BCUT2D eigenvalue weighted by Crippen LogP contribution is 2.13. The molecule has 4 heteroatoms. The van der Waals surface area contributed by atoms with E-state index in [0.29, 0.717) is 10.8 Å². The molecular formula is C15H15FN2S. The molecule has 0 unspecified atom stereocenters. The zero-order chi connectivity index (χ0) is 13.7. The number of halogens is 1. The second-order valence-electron chi connectivity index (χ2n) is 4.24. The quantitative estimate of drug-likeness (QED) is 0.831. The SMILES string of the molecule is C[C@H](NC(=S)Nc1cccc(F)c1)c1ccccc1. The summed E-state index contributed by atoms with van der Waals surface area (Å²) in [6.07, 6.45) is 0. The molecule has 2 aromatic carbocycles. The molecule has 98 valence electrons. The van der Waals surface area contributed by atoms with Gasteiger partial charge in [-0.25, -0.2) is 4.39 Å². The first-order valence-electron chi connectivity index (χ1n) is 6.03. The monoisotopic (exact) mass is 274 g/mol. The van der Waals surface area contributed by atoms with Gasteiger partial charge in [0.1, 0.15) is 5.82 Å². The second-order valence-corrected chi connectivity index (χ2v) is 4.65. The summed E-state index contributed by atoms with van der Waals surface area (Å²) in [4.78, 5) is 0. The van der Waals surface area contributed by atoms with Crippen LogP contribution in [0.2, 0.25) is 0 Å². The number of hydrogen-bond donors (Lipinski definition) is 2. The van der Waals surface area contributed by atoms with E-state index < -0.39 is 0 Å². The standard InChI is InChI=1S/C15H15FN2S/c1-11(12-6-3-2-4-7-12)17-15(19)18-14-9-5-8-13(16)10-14/h2-11H,1H3,(H2,17,18,19)/t11-/m0/s1. The van der Waals surface area contributed by atoms with Crippen LogP contribution in [0.4, 0.5) is 10.1 Å². The lowest BCUT2D eigenvalue weighted by molar-refractivity contribution is 0.628. The van der Waals surface area contributed by atoms with Crippen molar-refractivity contribution < 1.29 is 4.39 Å². The minimum Gasteiger partial charge on any atom is -0.356 e. The molecule has 0 aliphatic rings. The van der Waals surface area contributed by atoms with Gasteiger partial charge in [0.2, 0.25) is 0 Å². The summed E-state index contributed by atoms with van der Waals surface area (Å²) in [5.74, 6) is -0.288. The van der Waals surface area contributed by atoms with Gasteiger partial charge in [0.15, 0.2) is 5.11 Å². The highest BCUT2D eigenvalue weighted by atomic mass is 32.1. The van der Waals surface area contributed by atoms with Crippen LogP contribution in [0.25, 0.3) is 0 Å². The number of thiocarbonyl (C=S) groups is 1. The highest BCUT2D eigenvalue weighted by Gasteiger charge is 2.06. The topological polar surface area (TPSA) is 24.1 Å². The van der Waals surface area contributed by atoms with Gasteiger partial charge in [0.05, 0.1) is 6.04 Å². The maximum Gasteiger partial charge on any atom is 0.171 e. The average Bonchev–Trinajstić information content (AvgIpc) is 2.39. The van der Waals surface area contributed by atoms with E-state index in [1.54, 1.807) is 12.1 Å². The molecule has 2 rings (SSSR count). The number of rotatable bonds is 3. The molecule has 2 N–H and O–H groups in total. The lowest BCUT2D eigenvalue weighted by Crippen LogP contribution is -2.30. The molecule has 19 heavy (non-hydrogen) atoms. The zero-order valence-corrected chi connectivity index (χ0v) is 11.4. The Hall–Kier alpha value is -1.94. The molecule has 0 fully saturated rings. The Morgan fingerprint density at radius 2 is 1.84 bits per heavy atom. The molecule has 1 atom stereocenters. The third-order valence-corrected chi connectivity index (χ3v) is 2.95. The summed E-state index contributed by atoms with van der Waals surface area (Å²) < 4.78 is 13.0. The number of hydrogen-bond acceptors (Lipinski definition) is 1. The van der Waals surface area contributed by atoms with E-state index in [2.05, 4.69) is 10.6 Å². The van der Waals surface area contributed by atoms with Crippen molar-refractivity contribution >= 4 is 23.0 Å². The van der Waals surface area contributed by atoms with Crippen LogP contribution < -0.4 is 10.6 Å². The lowest BCUT2D eigenvalue weighted by Gasteiger charge is -2.17. The van der Waals surface area contributed by atoms with Gasteiger partial charge in [-0.3, -0.25) is 0 Å². The molecule has 0 aliphatic carbocycles. The smallest absolute Gasteiger partial charge is 0.171 e. The van der Waals surface area contributed by atoms with Gasteiger partial charge in [-0.05, 0) is 42.9 Å². The van der Waals surface area contributed by atoms with Crippen molar-refractivity contribution in [1.29, 1.82) is 0 Å². The van der Waals surface area contributed by atoms with Crippen LogP contribution in [0.5, 0.6) is 0 Å². The third kappa shape index (κ3) is 4.03. The molecular weight excluding hydrogens is 259 g/mol. The van der Waals surface area contributed by atoms with E-state index in [-0.39, 0.29) is 11.9 Å². The minimum absolute atomic E-state index is 0.0924. The van der Waals surface area contributed by atoms with E-state index in [1.807, 2.05) is 37.3 Å². The van der Waals surface area contributed by atoms with Gasteiger partial charge >= 0.3 is 0 Å². The first-order valence-corrected chi connectivity index (χ1v) is 6.44. The predicted octanol–water partition coefficient (Wildman–Crippen LogP) is 3.87. The Morgan fingerprint density at radius 3 is 2.53 bits per heavy atom. The predicted molar refractivity (Wildman–Crippen MR) is 80.6 cm³/mol. The molecule has 0 aliphatic heterocycles. The maximum absolute atomic E-state index is 13.0. The highest BCUT2D eigenvalue weighted by molar-refractivity contribution is 7.80. The van der Waals surface area contributed by atoms with Gasteiger partial charge in [-0.15, -0.1) is 0 Å². The first-order chi connectivity index (χ1) is 9.15. The normalized spacial score (nSPS) is 11.7. The largest absolute Gasteiger partial charge is 0.356 e. The van der Waals surface area contributed by atoms with Gasteiger partial charge in [-0.2, -0.15) is 0 Å². The molecule has 0 saturated heterocycles. The summed E-state index contributed by atoms with van der Waals surface area (Å²) in [6, 6.07) is 16.3. The third-order valence-electron chi connectivity index (χ3n) is 2.73. The van der Waals surface area contributed by atoms with E-state index >= 15 is 0 Å². The molecule has 2 aromatic rings. The number of benzene rings is 2. The van der Waals surface area contributed by atoms with Crippen LogP contribution in [0.3, 0.4) is 0 Å². The van der Waals surface area contributed by atoms with E-state index in [0.717, 1.165) is 5.56 Å². The van der Waals surface area contributed by atoms with Gasteiger partial charge in [0.25, 0.3) is 0 Å². The van der Waals surface area contributed by atoms with E-state index in [4.69, 9.17) is 12.2 Å². The minimum atomic E-state index is -0.288. The molecule has 0 amide bonds. The van der Waals surface area contributed by atoms with Crippen LogP contribution in [0, 0.1) is 5.82 Å². The Balaban J connectivity index is 1.95. The van der Waals surface area contributed by atoms with Crippen molar-refractivity contribution in [3.63, 3.8) is 0 Å². The van der Waals surface area contributed by atoms with Crippen molar-refractivity contribution in [3.05, 3.63) is 66.0 Å². The molecule has 2 nitrogen and oxygen atoms in total. The zero-order valence-electron chi connectivity index (χ0n) is 10.6. The summed E-state index contributed by atoms with van der Waals surface area (Å²) >= 11 is 5.21. The molecule has 0 spiro atoms. The summed E-state index contributed by atoms with van der Waals surface area (Å²) in [6.45, 7) is 2.02. The molecule has 0 saturated carbocycles. The van der Waals surface area contributed by atoms with Crippen LogP contribution in [-0.2, 0) is 0 Å². The summed E-state index contributed by atoms with van der Waals surface area (Å²) in [5.41, 5.74) is 1.78. The number of nitrogens with one attached hydrogen (secondary N) is 2. The van der Waals surface area contributed by atoms with Crippen molar-refractivity contribution in [1.82, 2.24) is 5.32 Å². The van der Waals surface area contributed by atoms with E-state index in [9.17, 15) is 4.39 Å². The van der Waals surface area contributed by atoms with Gasteiger partial charge < -0.3 is 10.6 Å². The van der Waals surface area contributed by atoms with Crippen LogP contribution in [0.1, 0.15) is 18.5 Å². The van der Waals surface area contributed by atoms with Crippen LogP contribution in [-0.4, -0.2) is 5.11 Å². The summed E-state index contributed by atoms with van der Waals surface area (Å²) in [7, 11) is 0. The molecule has 0 radical (unpaired) electrons. The Bertz CT molecular complexity index is 557. The molecule has 0 bridgehead atoms. The number of anilines is 1. The lowest BCUT2D eigenvalue weighted by atomic mass is 10.1. The molecule has 0 aromatic heterocycles. The fraction of sp³-hybridized carbons (Fsp3) is 0.133. The maximum atomic E-state index is 13.0. The van der Waals surface area contributed by atoms with Crippen LogP contribution in [0.15, 0.2) is 54.6 Å². The second kappa shape index (κ2) is 6.29. The average molecular weight is 274 g/mol. The van der Waals surface area contributed by atoms with Crippen molar-refractivity contribution in [3.8, 4) is 0 Å². The summed E-state index contributed by atoms with van der Waals surface area (Å²) in [5, 5.41) is 6.60. The van der Waals surface area contributed by atoms with E-state index in [1.165, 1.54) is 12.1 Å². The Labute approximate surface area is 117 Å². The van der Waals surface area contributed by atoms with Gasteiger partial charge in [0, 0.05) is 5.69 Å². The van der Waals surface area contributed by atoms with Crippen molar-refractivity contribution in [2.45, 2.75) is 13.0 Å².